The number of allylic oxidation sites excluding steroid dienone is 1. The predicted octanol–water partition coefficient (Wildman–Crippen LogP) is 5.19. The van der Waals surface area contributed by atoms with Crippen molar-refractivity contribution >= 4 is 33.3 Å². The number of carbonyl (C=O) groups excluding carboxylic acids is 1. The van der Waals surface area contributed by atoms with Crippen LogP contribution in [0.25, 0.3) is 11.1 Å². The van der Waals surface area contributed by atoms with Gasteiger partial charge in [-0.15, -0.1) is 0 Å². The van der Waals surface area contributed by atoms with Gasteiger partial charge in [0.15, 0.2) is 0 Å². The number of rotatable bonds is 10. The summed E-state index contributed by atoms with van der Waals surface area (Å²) in [6.45, 7) is 8.72. The van der Waals surface area contributed by atoms with Gasteiger partial charge in [-0.25, -0.2) is 8.42 Å². The van der Waals surface area contributed by atoms with Crippen molar-refractivity contribution < 1.29 is 23.1 Å². The Bertz CT molecular complexity index is 1520. The summed E-state index contributed by atoms with van der Waals surface area (Å²) in [7, 11) is -4.06. The number of hydrogen-bond donors (Lipinski definition) is 3. The van der Waals surface area contributed by atoms with E-state index in [9.17, 15) is 23.1 Å². The van der Waals surface area contributed by atoms with E-state index >= 15 is 0 Å². The molecule has 0 aliphatic heterocycles. The van der Waals surface area contributed by atoms with E-state index in [1.165, 1.54) is 0 Å². The molecule has 3 rings (SSSR count). The molecule has 3 aromatic rings. The van der Waals surface area contributed by atoms with Gasteiger partial charge in [0, 0.05) is 11.9 Å². The van der Waals surface area contributed by atoms with Crippen LogP contribution < -0.4 is 10.0 Å². The average molecular weight is 548 g/mol. The van der Waals surface area contributed by atoms with E-state index in [0.29, 0.717) is 28.1 Å². The fourth-order valence-electron chi connectivity index (χ4n) is 4.33. The minimum absolute atomic E-state index is 0.0281. The molecule has 0 radical (unpaired) electrons. The van der Waals surface area contributed by atoms with E-state index in [0.717, 1.165) is 16.7 Å². The van der Waals surface area contributed by atoms with Crippen molar-refractivity contribution in [1.82, 2.24) is 4.72 Å². The van der Waals surface area contributed by atoms with E-state index in [2.05, 4.69) is 15.0 Å². The van der Waals surface area contributed by atoms with Gasteiger partial charge in [0.2, 0.25) is 10.0 Å². The molecule has 3 aromatic carbocycles. The van der Waals surface area contributed by atoms with Gasteiger partial charge >= 0.3 is 5.97 Å². The van der Waals surface area contributed by atoms with Crippen molar-refractivity contribution in [1.29, 1.82) is 0 Å². The largest absolute Gasteiger partial charge is 0.480 e. The maximum Gasteiger partial charge on any atom is 0.322 e. The smallest absolute Gasteiger partial charge is 0.322 e. The van der Waals surface area contributed by atoms with E-state index in [-0.39, 0.29) is 17.2 Å². The summed E-state index contributed by atoms with van der Waals surface area (Å²) in [6.07, 6.45) is 3.26. The third-order valence-electron chi connectivity index (χ3n) is 6.06. The Kier molecular flexibility index (Phi) is 9.56. The van der Waals surface area contributed by atoms with Crippen LogP contribution in [0, 0.1) is 20.8 Å². The lowest BCUT2D eigenvalue weighted by molar-refractivity contribution is -0.138. The quantitative estimate of drug-likeness (QED) is 0.302. The van der Waals surface area contributed by atoms with Crippen LogP contribution >= 0.6 is 0 Å². The molecule has 3 N–H and O–H groups in total. The third-order valence-corrected chi connectivity index (χ3v) is 7.84. The fraction of sp³-hybridized carbons (Fsp3) is 0.233. The second kappa shape index (κ2) is 12.6. The number of carbonyl (C=O) groups is 2. The van der Waals surface area contributed by atoms with Crippen molar-refractivity contribution in [2.24, 2.45) is 4.99 Å². The summed E-state index contributed by atoms with van der Waals surface area (Å²) in [5.41, 5.74) is 5.36. The molecule has 0 saturated heterocycles. The number of aryl methyl sites for hydroxylation is 3. The number of carboxylic acid groups (broad SMARTS) is 1. The molecule has 0 spiro atoms. The van der Waals surface area contributed by atoms with Gasteiger partial charge in [0.05, 0.1) is 4.90 Å². The number of aliphatic imine (C=N–C) groups is 1. The van der Waals surface area contributed by atoms with E-state index < -0.39 is 22.0 Å². The Labute approximate surface area is 229 Å². The monoisotopic (exact) mass is 547 g/mol. The second-order valence-corrected chi connectivity index (χ2v) is 11.0. The molecule has 39 heavy (non-hydrogen) atoms. The second-order valence-electron chi connectivity index (χ2n) is 9.37. The summed E-state index contributed by atoms with van der Waals surface area (Å²) in [5, 5.41) is 12.6. The van der Waals surface area contributed by atoms with Crippen molar-refractivity contribution in [2.75, 3.05) is 5.32 Å². The van der Waals surface area contributed by atoms with Crippen LogP contribution in [0.15, 0.2) is 82.8 Å². The highest BCUT2D eigenvalue weighted by atomic mass is 32.2. The van der Waals surface area contributed by atoms with Crippen molar-refractivity contribution in [3.8, 4) is 11.1 Å². The van der Waals surface area contributed by atoms with Gasteiger partial charge in [0.1, 0.15) is 11.8 Å². The maximum atomic E-state index is 13.1. The van der Waals surface area contributed by atoms with Crippen LogP contribution in [-0.4, -0.2) is 37.2 Å². The molecular weight excluding hydrogens is 514 g/mol. The summed E-state index contributed by atoms with van der Waals surface area (Å²) in [5.74, 6) is -1.57. The van der Waals surface area contributed by atoms with Crippen molar-refractivity contribution in [3.63, 3.8) is 0 Å². The Morgan fingerprint density at radius 3 is 2.21 bits per heavy atom. The summed E-state index contributed by atoms with van der Waals surface area (Å²) >= 11 is 0. The average Bonchev–Trinajstić information content (AvgIpc) is 2.86. The SMILES string of the molecule is C/C=C\N=C(C)C(=O)Nc1cccc(-c2ccc(CC(NS(=O)(=O)c3c(C)cc(C)cc3C)C(=O)O)cc2)c1. The normalized spacial score (nSPS) is 12.9. The molecule has 9 heteroatoms. The van der Waals surface area contributed by atoms with Crippen molar-refractivity contribution in [3.05, 3.63) is 95.2 Å². The highest BCUT2D eigenvalue weighted by Gasteiger charge is 2.28. The van der Waals surface area contributed by atoms with Crippen LogP contribution in [0.1, 0.15) is 36.1 Å². The number of benzene rings is 3. The standard InChI is InChI=1S/C30H33N3O5S/c1-6-14-31-22(5)29(34)32-26-9-7-8-25(18-26)24-12-10-23(11-13-24)17-27(30(35)36)33-39(37,38)28-20(3)15-19(2)16-21(28)4/h6-16,18,27,33H,17H2,1-5H3,(H,32,34)(H,35,36)/b14-6-,31-22?. The number of anilines is 1. The van der Waals surface area contributed by atoms with Crippen molar-refractivity contribution in [2.45, 2.75) is 52.0 Å². The number of aliphatic carboxylic acids is 1. The van der Waals surface area contributed by atoms with Gasteiger partial charge in [-0.3, -0.25) is 14.6 Å². The zero-order chi connectivity index (χ0) is 28.7. The molecule has 204 valence electrons. The molecule has 1 amide bonds. The highest BCUT2D eigenvalue weighted by Crippen LogP contribution is 2.25. The Morgan fingerprint density at radius 1 is 0.974 bits per heavy atom. The molecule has 0 saturated carbocycles. The van der Waals surface area contributed by atoms with Gasteiger partial charge in [-0.05, 0) is 81.0 Å². The van der Waals surface area contributed by atoms with Crippen LogP contribution in [0.3, 0.4) is 0 Å². The van der Waals surface area contributed by atoms with Crippen LogP contribution in [0.2, 0.25) is 0 Å². The van der Waals surface area contributed by atoms with Gasteiger partial charge in [-0.1, -0.05) is 60.2 Å². The topological polar surface area (TPSA) is 125 Å². The first-order chi connectivity index (χ1) is 18.4. The van der Waals surface area contributed by atoms with Crippen LogP contribution in [0.5, 0.6) is 0 Å². The Hall–Kier alpha value is -4.08. The minimum Gasteiger partial charge on any atom is -0.480 e. The maximum absolute atomic E-state index is 13.1. The number of amides is 1. The molecule has 0 fully saturated rings. The fourth-order valence-corrected chi connectivity index (χ4v) is 5.97. The lowest BCUT2D eigenvalue weighted by atomic mass is 10.0. The number of nitrogens with zero attached hydrogens (tertiary/aromatic N) is 1. The molecule has 8 nitrogen and oxygen atoms in total. The molecule has 0 bridgehead atoms. The lowest BCUT2D eigenvalue weighted by Gasteiger charge is -2.18. The van der Waals surface area contributed by atoms with Gasteiger partial charge in [0.25, 0.3) is 5.91 Å². The number of nitrogens with one attached hydrogen (secondary N) is 2. The summed E-state index contributed by atoms with van der Waals surface area (Å²) < 4.78 is 28.6. The molecule has 0 heterocycles. The first kappa shape index (κ1) is 29.5. The molecule has 0 aliphatic carbocycles. The van der Waals surface area contributed by atoms with Crippen LogP contribution in [0.4, 0.5) is 5.69 Å². The molecule has 0 aliphatic rings. The highest BCUT2D eigenvalue weighted by molar-refractivity contribution is 7.89. The predicted molar refractivity (Wildman–Crippen MR) is 155 cm³/mol. The van der Waals surface area contributed by atoms with Gasteiger partial charge < -0.3 is 10.4 Å². The molecular formula is C30H33N3O5S. The Morgan fingerprint density at radius 2 is 1.62 bits per heavy atom. The first-order valence-electron chi connectivity index (χ1n) is 12.4. The summed E-state index contributed by atoms with van der Waals surface area (Å²) in [4.78, 5) is 28.5. The zero-order valence-corrected chi connectivity index (χ0v) is 23.5. The molecule has 0 aromatic heterocycles. The van der Waals surface area contributed by atoms with E-state index in [4.69, 9.17) is 0 Å². The molecule has 1 unspecified atom stereocenters. The minimum atomic E-state index is -4.06. The lowest BCUT2D eigenvalue weighted by Crippen LogP contribution is -2.42. The third kappa shape index (κ3) is 7.72. The first-order valence-corrected chi connectivity index (χ1v) is 13.9. The molecule has 1 atom stereocenters. The van der Waals surface area contributed by atoms with E-state index in [1.807, 2.05) is 44.2 Å². The zero-order valence-electron chi connectivity index (χ0n) is 22.6. The van der Waals surface area contributed by atoms with Crippen LogP contribution in [-0.2, 0) is 26.0 Å². The summed E-state index contributed by atoms with van der Waals surface area (Å²) in [6, 6.07) is 16.7. The van der Waals surface area contributed by atoms with E-state index in [1.54, 1.807) is 63.4 Å². The Balaban J connectivity index is 1.77. The van der Waals surface area contributed by atoms with Gasteiger partial charge in [-0.2, -0.15) is 4.72 Å². The number of carboxylic acids is 1. The number of hydrogen-bond acceptors (Lipinski definition) is 5. The number of sulfonamides is 1.